The largest absolute Gasteiger partial charge is 0.453 e. The molecule has 2 atom stereocenters. The standard InChI is InChI=1S/C20H21F3N2O2S/c1-27-19(26)25(11-14-3-2-8-28-14)18-10-17(12-4-5-12)24-16-7-6-13(9-15(16)18)20(21,22)23/h2-3,6-9,12,17-18,24H,4-5,10-11H2,1H3/t17-,18-/m1/s1. The van der Waals surface area contributed by atoms with Gasteiger partial charge in [-0.3, -0.25) is 4.90 Å². The highest BCUT2D eigenvalue weighted by molar-refractivity contribution is 7.09. The van der Waals surface area contributed by atoms with Crippen LogP contribution in [0.1, 0.15) is 41.3 Å². The number of anilines is 1. The van der Waals surface area contributed by atoms with Gasteiger partial charge in [0, 0.05) is 16.6 Å². The Morgan fingerprint density at radius 2 is 2.11 bits per heavy atom. The summed E-state index contributed by atoms with van der Waals surface area (Å²) in [5.74, 6) is 0.499. The number of hydrogen-bond acceptors (Lipinski definition) is 4. The predicted molar refractivity (Wildman–Crippen MR) is 101 cm³/mol. The van der Waals surface area contributed by atoms with Crippen LogP contribution in [0.5, 0.6) is 0 Å². The van der Waals surface area contributed by atoms with Crippen LogP contribution >= 0.6 is 11.3 Å². The molecule has 1 aromatic heterocycles. The van der Waals surface area contributed by atoms with Crippen molar-refractivity contribution in [1.29, 1.82) is 0 Å². The fraction of sp³-hybridized carbons (Fsp3) is 0.450. The van der Waals surface area contributed by atoms with E-state index in [4.69, 9.17) is 4.74 Å². The highest BCUT2D eigenvalue weighted by atomic mass is 32.1. The number of rotatable bonds is 4. The van der Waals surface area contributed by atoms with Crippen LogP contribution in [-0.4, -0.2) is 24.1 Å². The van der Waals surface area contributed by atoms with Gasteiger partial charge in [-0.15, -0.1) is 11.3 Å². The molecule has 1 aliphatic heterocycles. The normalized spacial score (nSPS) is 21.6. The average Bonchev–Trinajstić information content (AvgIpc) is 3.40. The summed E-state index contributed by atoms with van der Waals surface area (Å²) in [5.41, 5.74) is 0.457. The van der Waals surface area contributed by atoms with Gasteiger partial charge in [-0.25, -0.2) is 4.79 Å². The second kappa shape index (κ2) is 7.31. The van der Waals surface area contributed by atoms with Crippen molar-refractivity contribution in [3.05, 3.63) is 51.7 Å². The molecule has 1 amide bonds. The molecule has 1 N–H and O–H groups in total. The third kappa shape index (κ3) is 3.83. The summed E-state index contributed by atoms with van der Waals surface area (Å²) in [6.07, 6.45) is -2.19. The van der Waals surface area contributed by atoms with Crippen molar-refractivity contribution >= 4 is 23.1 Å². The lowest BCUT2D eigenvalue weighted by molar-refractivity contribution is -0.137. The summed E-state index contributed by atoms with van der Waals surface area (Å²) >= 11 is 1.51. The zero-order valence-electron chi connectivity index (χ0n) is 15.3. The number of carbonyl (C=O) groups is 1. The smallest absolute Gasteiger partial charge is 0.416 e. The lowest BCUT2D eigenvalue weighted by Crippen LogP contribution is -2.41. The molecule has 1 fully saturated rings. The maximum absolute atomic E-state index is 13.3. The van der Waals surface area contributed by atoms with Gasteiger partial charge in [0.2, 0.25) is 0 Å². The first kappa shape index (κ1) is 19.1. The number of nitrogens with one attached hydrogen (secondary N) is 1. The van der Waals surface area contributed by atoms with E-state index in [1.807, 2.05) is 17.5 Å². The van der Waals surface area contributed by atoms with Crippen molar-refractivity contribution in [1.82, 2.24) is 4.90 Å². The SMILES string of the molecule is COC(=O)N(Cc1cccs1)[C@@H]1C[C@H](C2CC2)Nc2ccc(C(F)(F)F)cc21. The van der Waals surface area contributed by atoms with Gasteiger partial charge >= 0.3 is 12.3 Å². The first-order valence-electron chi connectivity index (χ1n) is 9.21. The van der Waals surface area contributed by atoms with Crippen LogP contribution in [0.3, 0.4) is 0 Å². The first-order chi connectivity index (χ1) is 13.4. The summed E-state index contributed by atoms with van der Waals surface area (Å²) in [6.45, 7) is 0.308. The molecule has 4 nitrogen and oxygen atoms in total. The lowest BCUT2D eigenvalue weighted by atomic mass is 9.88. The van der Waals surface area contributed by atoms with E-state index < -0.39 is 23.9 Å². The van der Waals surface area contributed by atoms with Crippen LogP contribution in [0.4, 0.5) is 23.7 Å². The maximum Gasteiger partial charge on any atom is 0.416 e. The number of benzene rings is 1. The van der Waals surface area contributed by atoms with Gasteiger partial charge < -0.3 is 10.1 Å². The van der Waals surface area contributed by atoms with E-state index in [-0.39, 0.29) is 6.04 Å². The molecule has 1 aliphatic carbocycles. The summed E-state index contributed by atoms with van der Waals surface area (Å²) in [7, 11) is 1.30. The molecule has 0 saturated heterocycles. The summed E-state index contributed by atoms with van der Waals surface area (Å²) in [6, 6.07) is 7.22. The molecule has 0 radical (unpaired) electrons. The summed E-state index contributed by atoms with van der Waals surface area (Å²) in [5, 5.41) is 5.31. The number of thiophene rings is 1. The van der Waals surface area contributed by atoms with Crippen LogP contribution in [0.2, 0.25) is 0 Å². The van der Waals surface area contributed by atoms with Crippen molar-refractivity contribution in [3.63, 3.8) is 0 Å². The van der Waals surface area contributed by atoms with Crippen molar-refractivity contribution in [2.24, 2.45) is 5.92 Å². The van der Waals surface area contributed by atoms with E-state index in [2.05, 4.69) is 5.32 Å². The van der Waals surface area contributed by atoms with E-state index in [1.54, 1.807) is 4.90 Å². The first-order valence-corrected chi connectivity index (χ1v) is 10.1. The number of ether oxygens (including phenoxy) is 1. The van der Waals surface area contributed by atoms with Crippen LogP contribution in [0.15, 0.2) is 35.7 Å². The third-order valence-electron chi connectivity index (χ3n) is 5.44. The number of amides is 1. The Morgan fingerprint density at radius 3 is 2.71 bits per heavy atom. The average molecular weight is 410 g/mol. The van der Waals surface area contributed by atoms with Gasteiger partial charge in [-0.1, -0.05) is 6.07 Å². The molecule has 150 valence electrons. The number of alkyl halides is 3. The number of nitrogens with zero attached hydrogens (tertiary/aromatic N) is 1. The minimum Gasteiger partial charge on any atom is -0.453 e. The van der Waals surface area contributed by atoms with Crippen molar-refractivity contribution in [3.8, 4) is 0 Å². The summed E-state index contributed by atoms with van der Waals surface area (Å²) in [4.78, 5) is 15.1. The Balaban J connectivity index is 1.74. The molecule has 0 bridgehead atoms. The van der Waals surface area contributed by atoms with Gasteiger partial charge in [0.15, 0.2) is 0 Å². The zero-order chi connectivity index (χ0) is 19.9. The monoisotopic (exact) mass is 410 g/mol. The molecular weight excluding hydrogens is 389 g/mol. The molecular formula is C20H21F3N2O2S. The van der Waals surface area contributed by atoms with Crippen molar-refractivity contribution < 1.29 is 22.7 Å². The zero-order valence-corrected chi connectivity index (χ0v) is 16.1. The Morgan fingerprint density at radius 1 is 1.32 bits per heavy atom. The molecule has 4 rings (SSSR count). The van der Waals surface area contributed by atoms with Crippen molar-refractivity contribution in [2.45, 2.75) is 44.1 Å². The van der Waals surface area contributed by atoms with Gasteiger partial charge in [0.25, 0.3) is 0 Å². The van der Waals surface area contributed by atoms with Gasteiger partial charge in [-0.05, 0) is 60.4 Å². The number of halogens is 3. The second-order valence-corrected chi connectivity index (χ2v) is 8.35. The molecule has 28 heavy (non-hydrogen) atoms. The Kier molecular flexibility index (Phi) is 4.99. The maximum atomic E-state index is 13.3. The van der Waals surface area contributed by atoms with E-state index in [0.29, 0.717) is 30.1 Å². The van der Waals surface area contributed by atoms with Crippen LogP contribution < -0.4 is 5.32 Å². The molecule has 2 aliphatic rings. The Bertz CT molecular complexity index is 850. The van der Waals surface area contributed by atoms with Gasteiger partial charge in [0.05, 0.1) is 25.3 Å². The van der Waals surface area contributed by atoms with Crippen LogP contribution in [0, 0.1) is 5.92 Å². The molecule has 2 heterocycles. The number of carbonyl (C=O) groups excluding carboxylic acids is 1. The number of methoxy groups -OCH3 is 1. The van der Waals surface area contributed by atoms with E-state index in [9.17, 15) is 18.0 Å². The van der Waals surface area contributed by atoms with E-state index in [0.717, 1.165) is 23.8 Å². The highest BCUT2D eigenvalue weighted by Crippen LogP contribution is 2.46. The predicted octanol–water partition coefficient (Wildman–Crippen LogP) is 5.67. The van der Waals surface area contributed by atoms with Crippen molar-refractivity contribution in [2.75, 3.05) is 12.4 Å². The minimum atomic E-state index is -4.43. The molecule has 0 unspecified atom stereocenters. The lowest BCUT2D eigenvalue weighted by Gasteiger charge is -2.39. The highest BCUT2D eigenvalue weighted by Gasteiger charge is 2.41. The van der Waals surface area contributed by atoms with E-state index >= 15 is 0 Å². The molecule has 2 aromatic rings. The Labute approximate surface area is 165 Å². The summed E-state index contributed by atoms with van der Waals surface area (Å²) < 4.78 is 44.9. The van der Waals surface area contributed by atoms with Crippen LogP contribution in [-0.2, 0) is 17.5 Å². The van der Waals surface area contributed by atoms with Crippen LogP contribution in [0.25, 0.3) is 0 Å². The third-order valence-corrected chi connectivity index (χ3v) is 6.30. The van der Waals surface area contributed by atoms with Gasteiger partial charge in [-0.2, -0.15) is 13.2 Å². The molecule has 8 heteroatoms. The topological polar surface area (TPSA) is 41.6 Å². The second-order valence-electron chi connectivity index (χ2n) is 7.32. The number of fused-ring (bicyclic) bond motifs is 1. The Hall–Kier alpha value is -2.22. The molecule has 1 aromatic carbocycles. The molecule has 1 saturated carbocycles. The quantitative estimate of drug-likeness (QED) is 0.706. The van der Waals surface area contributed by atoms with E-state index in [1.165, 1.54) is 30.6 Å². The van der Waals surface area contributed by atoms with Gasteiger partial charge in [0.1, 0.15) is 0 Å². The minimum absolute atomic E-state index is 0.143. The molecule has 0 spiro atoms. The fourth-order valence-electron chi connectivity index (χ4n) is 3.87. The fourth-order valence-corrected chi connectivity index (χ4v) is 4.57. The number of hydrogen-bond donors (Lipinski definition) is 1.